The van der Waals surface area contributed by atoms with E-state index >= 15 is 0 Å². The highest BCUT2D eigenvalue weighted by Crippen LogP contribution is 2.20. The van der Waals surface area contributed by atoms with E-state index in [1.807, 2.05) is 0 Å². The van der Waals surface area contributed by atoms with E-state index in [1.165, 1.54) is 32.1 Å². The fraction of sp³-hybridized carbons (Fsp3) is 0.929. The molecule has 0 aliphatic heterocycles. The zero-order valence-corrected chi connectivity index (χ0v) is 12.7. The Morgan fingerprint density at radius 2 is 2.05 bits per heavy atom. The van der Waals surface area contributed by atoms with Crippen molar-refractivity contribution in [1.29, 1.82) is 0 Å². The van der Waals surface area contributed by atoms with Crippen molar-refractivity contribution >= 4 is 5.96 Å². The average Bonchev–Trinajstić information content (AvgIpc) is 2.41. The predicted octanol–water partition coefficient (Wildman–Crippen LogP) is 1.74. The number of rotatable bonds is 6. The number of hydrazine groups is 1. The van der Waals surface area contributed by atoms with E-state index in [0.29, 0.717) is 18.6 Å². The molecule has 3 N–H and O–H groups in total. The number of guanidine groups is 1. The summed E-state index contributed by atoms with van der Waals surface area (Å²) in [4.78, 5) is 7.01. The number of aliphatic imine (C=N–C) groups is 1. The molecule has 0 saturated heterocycles. The molecule has 1 aliphatic rings. The first-order valence-electron chi connectivity index (χ1n) is 7.45. The quantitative estimate of drug-likeness (QED) is 0.334. The van der Waals surface area contributed by atoms with Crippen LogP contribution in [0.3, 0.4) is 0 Å². The van der Waals surface area contributed by atoms with Gasteiger partial charge in [0, 0.05) is 20.2 Å². The van der Waals surface area contributed by atoms with E-state index in [2.05, 4.69) is 24.2 Å². The van der Waals surface area contributed by atoms with Crippen molar-refractivity contribution in [2.45, 2.75) is 52.0 Å². The van der Waals surface area contributed by atoms with Crippen LogP contribution in [0, 0.1) is 5.92 Å². The van der Waals surface area contributed by atoms with Crippen LogP contribution in [-0.2, 0) is 4.74 Å². The van der Waals surface area contributed by atoms with Gasteiger partial charge in [-0.3, -0.25) is 5.43 Å². The van der Waals surface area contributed by atoms with Crippen LogP contribution < -0.4 is 11.3 Å². The molecule has 0 amide bonds. The van der Waals surface area contributed by atoms with E-state index in [1.54, 1.807) is 7.11 Å². The lowest BCUT2D eigenvalue weighted by atomic mass is 9.96. The topological polar surface area (TPSA) is 62.9 Å². The molecular weight excluding hydrogens is 240 g/mol. The maximum atomic E-state index is 5.68. The minimum atomic E-state index is 0.428. The number of hydrogen-bond acceptors (Lipinski definition) is 3. The second kappa shape index (κ2) is 9.15. The first-order valence-corrected chi connectivity index (χ1v) is 7.45. The van der Waals surface area contributed by atoms with Crippen LogP contribution in [-0.4, -0.2) is 43.7 Å². The largest absolute Gasteiger partial charge is 0.383 e. The molecule has 1 rings (SSSR count). The number of nitrogens with zero attached hydrogens (tertiary/aromatic N) is 2. The van der Waals surface area contributed by atoms with Gasteiger partial charge in [-0.25, -0.2) is 10.8 Å². The van der Waals surface area contributed by atoms with Crippen LogP contribution in [0.4, 0.5) is 0 Å². The highest BCUT2D eigenvalue weighted by Gasteiger charge is 2.17. The van der Waals surface area contributed by atoms with E-state index < -0.39 is 0 Å². The second-order valence-corrected chi connectivity index (χ2v) is 5.72. The first-order chi connectivity index (χ1) is 9.17. The van der Waals surface area contributed by atoms with Gasteiger partial charge in [0.15, 0.2) is 0 Å². The smallest absolute Gasteiger partial charge is 0.208 e. The predicted molar refractivity (Wildman–Crippen MR) is 79.9 cm³/mol. The fourth-order valence-corrected chi connectivity index (χ4v) is 2.52. The summed E-state index contributed by atoms with van der Waals surface area (Å²) in [5.41, 5.74) is 2.78. The van der Waals surface area contributed by atoms with Crippen molar-refractivity contribution in [1.82, 2.24) is 10.3 Å². The fourth-order valence-electron chi connectivity index (χ4n) is 2.52. The Hall–Kier alpha value is -0.810. The van der Waals surface area contributed by atoms with Gasteiger partial charge in [-0.1, -0.05) is 33.1 Å². The SMILES string of the molecule is COCCN(CC(C)C)C(=NC1CCCCC1)NN. The maximum Gasteiger partial charge on any atom is 0.208 e. The van der Waals surface area contributed by atoms with Crippen LogP contribution in [0.15, 0.2) is 4.99 Å². The molecular formula is C14H30N4O. The number of nitrogens with one attached hydrogen (secondary N) is 1. The van der Waals surface area contributed by atoms with Crippen molar-refractivity contribution < 1.29 is 4.74 Å². The number of methoxy groups -OCH3 is 1. The minimum Gasteiger partial charge on any atom is -0.383 e. The Bertz CT molecular complexity index is 262. The van der Waals surface area contributed by atoms with Gasteiger partial charge >= 0.3 is 0 Å². The van der Waals surface area contributed by atoms with Crippen molar-refractivity contribution in [3.8, 4) is 0 Å². The van der Waals surface area contributed by atoms with Gasteiger partial charge in [0.25, 0.3) is 0 Å². The Balaban J connectivity index is 2.66. The molecule has 0 aromatic rings. The van der Waals surface area contributed by atoms with Crippen molar-refractivity contribution in [2.75, 3.05) is 26.8 Å². The van der Waals surface area contributed by atoms with Crippen LogP contribution in [0.2, 0.25) is 0 Å². The van der Waals surface area contributed by atoms with Crippen LogP contribution in [0.25, 0.3) is 0 Å². The monoisotopic (exact) mass is 270 g/mol. The highest BCUT2D eigenvalue weighted by molar-refractivity contribution is 5.79. The molecule has 0 spiro atoms. The van der Waals surface area contributed by atoms with Crippen LogP contribution >= 0.6 is 0 Å². The molecule has 1 fully saturated rings. The summed E-state index contributed by atoms with van der Waals surface area (Å²) in [6.45, 7) is 6.87. The van der Waals surface area contributed by atoms with Gasteiger partial charge in [0.05, 0.1) is 12.6 Å². The van der Waals surface area contributed by atoms with Gasteiger partial charge in [-0.15, -0.1) is 0 Å². The highest BCUT2D eigenvalue weighted by atomic mass is 16.5. The molecule has 0 radical (unpaired) electrons. The average molecular weight is 270 g/mol. The zero-order chi connectivity index (χ0) is 14.1. The molecule has 0 bridgehead atoms. The Morgan fingerprint density at radius 3 is 2.58 bits per heavy atom. The summed E-state index contributed by atoms with van der Waals surface area (Å²) in [6, 6.07) is 0.428. The molecule has 0 atom stereocenters. The second-order valence-electron chi connectivity index (χ2n) is 5.72. The van der Waals surface area contributed by atoms with Crippen molar-refractivity contribution in [3.63, 3.8) is 0 Å². The Morgan fingerprint density at radius 1 is 1.37 bits per heavy atom. The van der Waals surface area contributed by atoms with Crippen molar-refractivity contribution in [3.05, 3.63) is 0 Å². The maximum absolute atomic E-state index is 5.68. The van der Waals surface area contributed by atoms with Gasteiger partial charge in [0.1, 0.15) is 0 Å². The first kappa shape index (κ1) is 16.2. The summed E-state index contributed by atoms with van der Waals surface area (Å²) in [6.07, 6.45) is 6.29. The lowest BCUT2D eigenvalue weighted by Crippen LogP contribution is -2.48. The number of nitrogens with two attached hydrogens (primary N) is 1. The zero-order valence-electron chi connectivity index (χ0n) is 12.7. The van der Waals surface area contributed by atoms with E-state index in [4.69, 9.17) is 15.6 Å². The molecule has 0 aromatic carbocycles. The minimum absolute atomic E-state index is 0.428. The van der Waals surface area contributed by atoms with Gasteiger partial charge < -0.3 is 9.64 Å². The third-order valence-electron chi connectivity index (χ3n) is 3.46. The third kappa shape index (κ3) is 6.25. The number of hydrogen-bond donors (Lipinski definition) is 2. The lowest BCUT2D eigenvalue weighted by Gasteiger charge is -2.29. The molecule has 0 heterocycles. The summed E-state index contributed by atoms with van der Waals surface area (Å²) in [7, 11) is 1.72. The molecule has 1 aliphatic carbocycles. The van der Waals surface area contributed by atoms with Gasteiger partial charge in [-0.05, 0) is 18.8 Å². The number of ether oxygens (including phenoxy) is 1. The summed E-state index contributed by atoms with van der Waals surface area (Å²) in [5.74, 6) is 7.06. The molecule has 0 unspecified atom stereocenters. The van der Waals surface area contributed by atoms with Gasteiger partial charge in [0.2, 0.25) is 5.96 Å². The van der Waals surface area contributed by atoms with E-state index in [9.17, 15) is 0 Å². The summed E-state index contributed by atoms with van der Waals surface area (Å²) >= 11 is 0. The lowest BCUT2D eigenvalue weighted by molar-refractivity contribution is 0.170. The molecule has 0 aromatic heterocycles. The molecule has 19 heavy (non-hydrogen) atoms. The third-order valence-corrected chi connectivity index (χ3v) is 3.46. The van der Waals surface area contributed by atoms with Gasteiger partial charge in [-0.2, -0.15) is 0 Å². The standard InChI is InChI=1S/C14H30N4O/c1-12(2)11-18(9-10-19-3)14(17-15)16-13-7-5-4-6-8-13/h12-13H,4-11,15H2,1-3H3,(H,16,17). The van der Waals surface area contributed by atoms with E-state index in [0.717, 1.165) is 19.0 Å². The molecule has 1 saturated carbocycles. The van der Waals surface area contributed by atoms with Crippen LogP contribution in [0.5, 0.6) is 0 Å². The summed E-state index contributed by atoms with van der Waals surface area (Å²) < 4.78 is 5.17. The van der Waals surface area contributed by atoms with E-state index in [-0.39, 0.29) is 0 Å². The summed E-state index contributed by atoms with van der Waals surface area (Å²) in [5, 5.41) is 0. The van der Waals surface area contributed by atoms with Crippen LogP contribution in [0.1, 0.15) is 46.0 Å². The van der Waals surface area contributed by atoms with Crippen molar-refractivity contribution in [2.24, 2.45) is 16.8 Å². The molecule has 5 nitrogen and oxygen atoms in total. The Labute approximate surface area is 117 Å². The Kier molecular flexibility index (Phi) is 7.82. The molecule has 112 valence electrons. The normalized spacial score (nSPS) is 17.8. The molecule has 5 heteroatoms.